The largest absolute Gasteiger partial charge is 0.457 e. The van der Waals surface area contributed by atoms with Crippen molar-refractivity contribution in [1.29, 1.82) is 0 Å². The molecule has 0 aliphatic heterocycles. The Balaban J connectivity index is 1.54. The highest BCUT2D eigenvalue weighted by molar-refractivity contribution is 5.96. The molecule has 3 aromatic rings. The number of rotatable bonds is 8. The molecule has 6 nitrogen and oxygen atoms in total. The normalized spacial score (nSPS) is 10.8. The third-order valence-corrected chi connectivity index (χ3v) is 4.24. The van der Waals surface area contributed by atoms with Gasteiger partial charge in [0.05, 0.1) is 6.21 Å². The lowest BCUT2D eigenvalue weighted by molar-refractivity contribution is -0.116. The molecule has 0 saturated heterocycles. The van der Waals surface area contributed by atoms with Crippen molar-refractivity contribution in [3.05, 3.63) is 90.0 Å². The number of hydrogen-bond donors (Lipinski definition) is 2. The van der Waals surface area contributed by atoms with E-state index in [4.69, 9.17) is 4.74 Å². The summed E-state index contributed by atoms with van der Waals surface area (Å²) in [5.74, 6) is 1.32. The van der Waals surface area contributed by atoms with Crippen molar-refractivity contribution in [1.82, 2.24) is 5.43 Å². The predicted molar refractivity (Wildman–Crippen MR) is 123 cm³/mol. The Hall–Kier alpha value is -3.93. The summed E-state index contributed by atoms with van der Waals surface area (Å²) < 4.78 is 5.80. The highest BCUT2D eigenvalue weighted by Gasteiger charge is 2.07. The molecule has 0 heterocycles. The van der Waals surface area contributed by atoms with Crippen molar-refractivity contribution >= 4 is 23.7 Å². The molecule has 0 aliphatic carbocycles. The number of carbonyl (C=O) groups excluding carboxylic acids is 2. The number of para-hydroxylation sites is 1. The van der Waals surface area contributed by atoms with Gasteiger partial charge < -0.3 is 10.1 Å². The Morgan fingerprint density at radius 3 is 2.35 bits per heavy atom. The maximum Gasteiger partial charge on any atom is 0.271 e. The van der Waals surface area contributed by atoms with E-state index in [9.17, 15) is 9.59 Å². The van der Waals surface area contributed by atoms with E-state index in [0.29, 0.717) is 23.4 Å². The van der Waals surface area contributed by atoms with Crippen LogP contribution in [0.4, 0.5) is 5.69 Å². The number of nitrogens with zero attached hydrogens (tertiary/aromatic N) is 1. The topological polar surface area (TPSA) is 79.8 Å². The number of ether oxygens (including phenoxy) is 1. The molecular formula is C25H25N3O3. The molecule has 3 aromatic carbocycles. The standard InChI is InChI=1S/C25H25N3O3/c1-18(2)15-24(29)27-21-13-11-20(12-14-21)25(30)28-26-17-19-7-6-10-23(16-19)31-22-8-4-3-5-9-22/h3-14,16-18H,15H2,1-2H3,(H,27,29)(H,28,30). The Morgan fingerprint density at radius 2 is 1.65 bits per heavy atom. The molecular weight excluding hydrogens is 390 g/mol. The van der Waals surface area contributed by atoms with Gasteiger partial charge in [0, 0.05) is 17.7 Å². The second-order valence-corrected chi connectivity index (χ2v) is 7.41. The minimum Gasteiger partial charge on any atom is -0.457 e. The monoisotopic (exact) mass is 415 g/mol. The van der Waals surface area contributed by atoms with Crippen molar-refractivity contribution in [3.8, 4) is 11.5 Å². The van der Waals surface area contributed by atoms with Crippen LogP contribution in [0.25, 0.3) is 0 Å². The average molecular weight is 415 g/mol. The van der Waals surface area contributed by atoms with Crippen LogP contribution >= 0.6 is 0 Å². The lowest BCUT2D eigenvalue weighted by atomic mass is 10.1. The lowest BCUT2D eigenvalue weighted by Crippen LogP contribution is -2.18. The van der Waals surface area contributed by atoms with E-state index in [1.165, 1.54) is 0 Å². The van der Waals surface area contributed by atoms with Crippen molar-refractivity contribution in [2.75, 3.05) is 5.32 Å². The molecule has 31 heavy (non-hydrogen) atoms. The minimum atomic E-state index is -0.340. The summed E-state index contributed by atoms with van der Waals surface area (Å²) in [4.78, 5) is 24.1. The van der Waals surface area contributed by atoms with E-state index in [1.54, 1.807) is 30.5 Å². The average Bonchev–Trinajstić information content (AvgIpc) is 2.74. The van der Waals surface area contributed by atoms with Gasteiger partial charge in [-0.05, 0) is 60.0 Å². The molecule has 0 unspecified atom stereocenters. The zero-order valence-corrected chi connectivity index (χ0v) is 17.5. The van der Waals surface area contributed by atoms with E-state index >= 15 is 0 Å². The van der Waals surface area contributed by atoms with Gasteiger partial charge >= 0.3 is 0 Å². The summed E-state index contributed by atoms with van der Waals surface area (Å²) in [5.41, 5.74) is 4.39. The molecule has 0 aliphatic rings. The maximum atomic E-state index is 12.3. The molecule has 2 amide bonds. The highest BCUT2D eigenvalue weighted by Crippen LogP contribution is 2.21. The molecule has 0 fully saturated rings. The molecule has 158 valence electrons. The third kappa shape index (κ3) is 7.12. The quantitative estimate of drug-likeness (QED) is 0.391. The molecule has 6 heteroatoms. The number of hydrazone groups is 1. The van der Waals surface area contributed by atoms with Crippen molar-refractivity contribution in [3.63, 3.8) is 0 Å². The van der Waals surface area contributed by atoms with E-state index in [-0.39, 0.29) is 17.7 Å². The zero-order valence-electron chi connectivity index (χ0n) is 17.5. The smallest absolute Gasteiger partial charge is 0.271 e. The fourth-order valence-corrected chi connectivity index (χ4v) is 2.80. The van der Waals surface area contributed by atoms with Crippen LogP contribution in [-0.4, -0.2) is 18.0 Å². The van der Waals surface area contributed by atoms with Crippen LogP contribution in [0.15, 0.2) is 84.0 Å². The lowest BCUT2D eigenvalue weighted by Gasteiger charge is -2.07. The van der Waals surface area contributed by atoms with E-state index in [1.807, 2.05) is 68.4 Å². The summed E-state index contributed by atoms with van der Waals surface area (Å²) in [7, 11) is 0. The Bertz CT molecular complexity index is 1050. The first-order valence-corrected chi connectivity index (χ1v) is 10.1. The van der Waals surface area contributed by atoms with Crippen LogP contribution in [0.3, 0.4) is 0 Å². The number of nitrogens with one attached hydrogen (secondary N) is 2. The summed E-state index contributed by atoms with van der Waals surface area (Å²) in [5, 5.41) is 6.83. The van der Waals surface area contributed by atoms with Gasteiger partial charge in [-0.25, -0.2) is 5.43 Å². The number of anilines is 1. The van der Waals surface area contributed by atoms with E-state index in [0.717, 1.165) is 11.3 Å². The first kappa shape index (κ1) is 21.8. The zero-order chi connectivity index (χ0) is 22.1. The second kappa shape index (κ2) is 10.7. The summed E-state index contributed by atoms with van der Waals surface area (Å²) in [6.07, 6.45) is 2.00. The third-order valence-electron chi connectivity index (χ3n) is 4.24. The molecule has 3 rings (SSSR count). The molecule has 2 N–H and O–H groups in total. The van der Waals surface area contributed by atoms with Crippen LogP contribution in [0.2, 0.25) is 0 Å². The van der Waals surface area contributed by atoms with Gasteiger partial charge in [0.2, 0.25) is 5.91 Å². The number of hydrogen-bond acceptors (Lipinski definition) is 4. The van der Waals surface area contributed by atoms with Crippen molar-refractivity contribution < 1.29 is 14.3 Å². The Morgan fingerprint density at radius 1 is 0.935 bits per heavy atom. The summed E-state index contributed by atoms with van der Waals surface area (Å²) in [6, 6.07) is 23.6. The molecule has 0 bridgehead atoms. The predicted octanol–water partition coefficient (Wildman–Crippen LogP) is 5.23. The van der Waals surface area contributed by atoms with Crippen LogP contribution in [-0.2, 0) is 4.79 Å². The summed E-state index contributed by atoms with van der Waals surface area (Å²) in [6.45, 7) is 3.97. The van der Waals surface area contributed by atoms with Gasteiger partial charge in [0.25, 0.3) is 5.91 Å². The van der Waals surface area contributed by atoms with Gasteiger partial charge in [-0.3, -0.25) is 9.59 Å². The highest BCUT2D eigenvalue weighted by atomic mass is 16.5. The van der Waals surface area contributed by atoms with Gasteiger partial charge in [-0.15, -0.1) is 0 Å². The van der Waals surface area contributed by atoms with E-state index < -0.39 is 0 Å². The second-order valence-electron chi connectivity index (χ2n) is 7.41. The van der Waals surface area contributed by atoms with Gasteiger partial charge in [0.15, 0.2) is 0 Å². The van der Waals surface area contributed by atoms with Crippen LogP contribution < -0.4 is 15.5 Å². The summed E-state index contributed by atoms with van der Waals surface area (Å²) >= 11 is 0. The van der Waals surface area contributed by atoms with Gasteiger partial charge in [0.1, 0.15) is 11.5 Å². The fraction of sp³-hybridized carbons (Fsp3) is 0.160. The van der Waals surface area contributed by atoms with Gasteiger partial charge in [-0.2, -0.15) is 5.10 Å². The van der Waals surface area contributed by atoms with E-state index in [2.05, 4.69) is 15.8 Å². The number of carbonyl (C=O) groups is 2. The number of amides is 2. The van der Waals surface area contributed by atoms with Crippen LogP contribution in [0.5, 0.6) is 11.5 Å². The Labute approximate surface area is 182 Å². The maximum absolute atomic E-state index is 12.3. The molecule has 0 saturated carbocycles. The minimum absolute atomic E-state index is 0.0460. The molecule has 0 atom stereocenters. The molecule has 0 spiro atoms. The molecule has 0 radical (unpaired) electrons. The van der Waals surface area contributed by atoms with Crippen LogP contribution in [0, 0.1) is 5.92 Å². The number of benzene rings is 3. The first-order chi connectivity index (χ1) is 15.0. The van der Waals surface area contributed by atoms with Crippen molar-refractivity contribution in [2.24, 2.45) is 11.0 Å². The SMILES string of the molecule is CC(C)CC(=O)Nc1ccc(C(=O)NN=Cc2cccc(Oc3ccccc3)c2)cc1. The van der Waals surface area contributed by atoms with Crippen LogP contribution in [0.1, 0.15) is 36.2 Å². The van der Waals surface area contributed by atoms with Crippen molar-refractivity contribution in [2.45, 2.75) is 20.3 Å². The fourth-order valence-electron chi connectivity index (χ4n) is 2.80. The first-order valence-electron chi connectivity index (χ1n) is 10.1. The Kier molecular flexibility index (Phi) is 7.54. The van der Waals surface area contributed by atoms with Gasteiger partial charge in [-0.1, -0.05) is 44.2 Å². The molecule has 0 aromatic heterocycles.